The number of rotatable bonds is 47. The number of likely N-dealkylation sites (N-methyl/N-ethyl adjacent to an activating group) is 1. The second-order valence-electron chi connectivity index (χ2n) is 18.9. The number of hydrogen-bond acceptors (Lipinski definition) is 7. The van der Waals surface area contributed by atoms with Crippen molar-refractivity contribution in [1.29, 1.82) is 0 Å². The number of esters is 2. The average Bonchev–Trinajstić information content (AvgIpc) is 3.28. The van der Waals surface area contributed by atoms with Crippen LogP contribution in [0.4, 0.5) is 0 Å². The number of unbranched alkanes of at least 4 members (excludes halogenated alkanes) is 25. The summed E-state index contributed by atoms with van der Waals surface area (Å²) in [6.45, 7) is 4.49. The molecule has 8 heteroatoms. The van der Waals surface area contributed by atoms with E-state index in [0.717, 1.165) is 44.9 Å². The number of carbonyl (C=O) groups excluding carboxylic acids is 3. The van der Waals surface area contributed by atoms with Gasteiger partial charge in [0.25, 0.3) is 0 Å². The predicted octanol–water partition coefficient (Wildman–Crippen LogP) is 14.3. The lowest BCUT2D eigenvalue weighted by atomic mass is 10.0. The van der Waals surface area contributed by atoms with Crippen molar-refractivity contribution in [3.8, 4) is 0 Å². The molecule has 0 aliphatic carbocycles. The van der Waals surface area contributed by atoms with Crippen LogP contribution in [0.5, 0.6) is 0 Å². The molecule has 66 heavy (non-hydrogen) atoms. The Balaban J connectivity index is 4.28. The van der Waals surface area contributed by atoms with E-state index in [9.17, 15) is 19.5 Å². The number of carbonyl (C=O) groups is 3. The third-order valence-corrected chi connectivity index (χ3v) is 11.7. The van der Waals surface area contributed by atoms with E-state index < -0.39 is 18.1 Å². The molecule has 0 aromatic carbocycles. The second-order valence-corrected chi connectivity index (χ2v) is 18.9. The van der Waals surface area contributed by atoms with Crippen LogP contribution in [-0.4, -0.2) is 75.5 Å². The summed E-state index contributed by atoms with van der Waals surface area (Å²) in [6.07, 6.45) is 63.4. The summed E-state index contributed by atoms with van der Waals surface area (Å²) in [5, 5.41) is 11.7. The summed E-state index contributed by atoms with van der Waals surface area (Å²) >= 11 is 0. The van der Waals surface area contributed by atoms with Crippen LogP contribution in [0.3, 0.4) is 0 Å². The fourth-order valence-corrected chi connectivity index (χ4v) is 7.64. The number of nitrogens with zero attached hydrogens (tertiary/aromatic N) is 1. The first kappa shape index (κ1) is 62.5. The lowest BCUT2D eigenvalue weighted by molar-refractivity contribution is -0.889. The molecule has 2 atom stereocenters. The molecular weight excluding hydrogens is 823 g/mol. The standard InChI is InChI=1S/C58H99NO7/c1-6-8-10-12-14-16-18-20-22-24-26-27-28-29-31-32-34-36-38-40-42-44-46-48-56(60)65-53-54(52-64-51-50-55(58(62)63)59(3,4)5)66-57(61)49-47-45-43-41-39-37-35-33-30-25-23-21-19-17-15-13-11-9-7-2/h9,11,13,15,17,19,21,23,25,30,33,35,37,39,54-55H,6-8,10,12,14,16,18,20,22,24,26-29,31-32,34,36,38,40-53H2,1-5H3/b11-9+,15-13+,19-17+,23-21+,30-25+,35-33+,39-37+. The summed E-state index contributed by atoms with van der Waals surface area (Å²) in [5.41, 5.74) is 0. The van der Waals surface area contributed by atoms with Gasteiger partial charge in [-0.2, -0.15) is 0 Å². The van der Waals surface area contributed by atoms with Crippen molar-refractivity contribution >= 4 is 17.9 Å². The molecule has 8 nitrogen and oxygen atoms in total. The zero-order valence-corrected chi connectivity index (χ0v) is 43.1. The number of aliphatic carboxylic acids is 1. The summed E-state index contributed by atoms with van der Waals surface area (Å²) in [4.78, 5) is 37.1. The first-order valence-corrected chi connectivity index (χ1v) is 26.7. The highest BCUT2D eigenvalue weighted by Gasteiger charge is 2.25. The maximum atomic E-state index is 12.8. The van der Waals surface area contributed by atoms with Crippen molar-refractivity contribution in [2.24, 2.45) is 0 Å². The summed E-state index contributed by atoms with van der Waals surface area (Å²) in [6, 6.07) is -0.739. The maximum Gasteiger partial charge on any atom is 0.306 e. The van der Waals surface area contributed by atoms with Crippen LogP contribution in [0.25, 0.3) is 0 Å². The third kappa shape index (κ3) is 45.7. The Hall–Kier alpha value is -3.49. The Morgan fingerprint density at radius 3 is 1.26 bits per heavy atom. The Morgan fingerprint density at radius 1 is 0.470 bits per heavy atom. The quantitative estimate of drug-likeness (QED) is 0.0259. The van der Waals surface area contributed by atoms with Crippen molar-refractivity contribution in [3.63, 3.8) is 0 Å². The molecule has 0 amide bonds. The average molecular weight is 922 g/mol. The van der Waals surface area contributed by atoms with Crippen molar-refractivity contribution in [1.82, 2.24) is 0 Å². The number of allylic oxidation sites excluding steroid dienone is 14. The van der Waals surface area contributed by atoms with E-state index in [2.05, 4.69) is 26.0 Å². The first-order chi connectivity index (χ1) is 32.1. The molecule has 0 bridgehead atoms. The van der Waals surface area contributed by atoms with Gasteiger partial charge in [0.2, 0.25) is 0 Å². The van der Waals surface area contributed by atoms with E-state index in [-0.39, 0.29) is 49.1 Å². The fourth-order valence-electron chi connectivity index (χ4n) is 7.64. The van der Waals surface area contributed by atoms with E-state index >= 15 is 0 Å². The molecule has 0 aromatic rings. The highest BCUT2D eigenvalue weighted by Crippen LogP contribution is 2.16. The maximum absolute atomic E-state index is 12.8. The summed E-state index contributed by atoms with van der Waals surface area (Å²) < 4.78 is 17.2. The number of quaternary nitrogens is 1. The van der Waals surface area contributed by atoms with Crippen molar-refractivity contribution in [2.75, 3.05) is 41.0 Å². The fraction of sp³-hybridized carbons (Fsp3) is 0.707. The van der Waals surface area contributed by atoms with Gasteiger partial charge in [0.05, 0.1) is 40.3 Å². The Kier molecular flexibility index (Phi) is 45.4. The monoisotopic (exact) mass is 922 g/mol. The smallest absolute Gasteiger partial charge is 0.306 e. The SMILES string of the molecule is CC/C=C/C=C/C=C/C=C/C=C/C=C/C=C/CCCCCC(=O)OC(COCCC(C(=O)[O-])[N+](C)(C)C)COC(=O)CCCCCCCCCCCCCCCCCCCCCCCCC. The molecule has 378 valence electrons. The van der Waals surface area contributed by atoms with Gasteiger partial charge in [-0.15, -0.1) is 0 Å². The highest BCUT2D eigenvalue weighted by atomic mass is 16.6. The molecule has 0 radical (unpaired) electrons. The van der Waals surface area contributed by atoms with Crippen molar-refractivity contribution < 1.29 is 38.2 Å². The van der Waals surface area contributed by atoms with Crippen LogP contribution in [0.2, 0.25) is 0 Å². The van der Waals surface area contributed by atoms with Crippen LogP contribution in [0, 0.1) is 0 Å². The third-order valence-electron chi connectivity index (χ3n) is 11.7. The molecular formula is C58H99NO7. The van der Waals surface area contributed by atoms with Gasteiger partial charge in [-0.05, 0) is 32.1 Å². The largest absolute Gasteiger partial charge is 0.544 e. The van der Waals surface area contributed by atoms with Crippen LogP contribution in [0.15, 0.2) is 85.1 Å². The van der Waals surface area contributed by atoms with E-state index in [1.54, 1.807) is 21.1 Å². The molecule has 0 saturated carbocycles. The molecule has 0 rings (SSSR count). The van der Waals surface area contributed by atoms with Gasteiger partial charge >= 0.3 is 11.9 Å². The molecule has 0 N–H and O–H groups in total. The van der Waals surface area contributed by atoms with Gasteiger partial charge in [-0.3, -0.25) is 9.59 Å². The van der Waals surface area contributed by atoms with Gasteiger partial charge in [0, 0.05) is 19.3 Å². The van der Waals surface area contributed by atoms with E-state index in [4.69, 9.17) is 14.2 Å². The lowest BCUT2D eigenvalue weighted by Gasteiger charge is -2.34. The minimum atomic E-state index is -1.13. The van der Waals surface area contributed by atoms with Crippen molar-refractivity contribution in [3.05, 3.63) is 85.1 Å². The topological polar surface area (TPSA) is 102 Å². The zero-order valence-electron chi connectivity index (χ0n) is 43.1. The normalized spacial score (nSPS) is 13.5. The minimum Gasteiger partial charge on any atom is -0.544 e. The first-order valence-electron chi connectivity index (χ1n) is 26.7. The minimum absolute atomic E-state index is 0.0189. The van der Waals surface area contributed by atoms with Gasteiger partial charge in [-0.25, -0.2) is 0 Å². The number of ether oxygens (including phenoxy) is 3. The van der Waals surface area contributed by atoms with Crippen LogP contribution in [0.1, 0.15) is 213 Å². The van der Waals surface area contributed by atoms with Gasteiger partial charge < -0.3 is 28.6 Å². The van der Waals surface area contributed by atoms with E-state index in [0.29, 0.717) is 12.8 Å². The molecule has 0 spiro atoms. The Bertz CT molecular complexity index is 1350. The van der Waals surface area contributed by atoms with E-state index in [1.807, 2.05) is 72.9 Å². The van der Waals surface area contributed by atoms with Gasteiger partial charge in [0.1, 0.15) is 12.6 Å². The van der Waals surface area contributed by atoms with Crippen molar-refractivity contribution in [2.45, 2.75) is 225 Å². The molecule has 0 saturated heterocycles. The number of carboxylic acids is 1. The highest BCUT2D eigenvalue weighted by molar-refractivity contribution is 5.70. The zero-order chi connectivity index (χ0) is 48.4. The van der Waals surface area contributed by atoms with Gasteiger partial charge in [-0.1, -0.05) is 247 Å². The molecule has 2 unspecified atom stereocenters. The molecule has 0 aliphatic rings. The summed E-state index contributed by atoms with van der Waals surface area (Å²) in [5.74, 6) is -1.79. The predicted molar refractivity (Wildman–Crippen MR) is 277 cm³/mol. The molecule has 0 aromatic heterocycles. The number of hydrogen-bond donors (Lipinski definition) is 0. The Labute approximate surface area is 405 Å². The second kappa shape index (κ2) is 48.0. The Morgan fingerprint density at radius 2 is 0.848 bits per heavy atom. The van der Waals surface area contributed by atoms with E-state index in [1.165, 1.54) is 128 Å². The lowest BCUT2D eigenvalue weighted by Crippen LogP contribution is -2.55. The van der Waals surface area contributed by atoms with Crippen LogP contribution >= 0.6 is 0 Å². The number of carboxylic acid groups (broad SMARTS) is 1. The van der Waals surface area contributed by atoms with Crippen LogP contribution in [-0.2, 0) is 28.6 Å². The summed E-state index contributed by atoms with van der Waals surface area (Å²) in [7, 11) is 5.39. The molecule has 0 heterocycles. The molecule has 0 fully saturated rings. The molecule has 0 aliphatic heterocycles. The van der Waals surface area contributed by atoms with Crippen LogP contribution < -0.4 is 5.11 Å². The van der Waals surface area contributed by atoms with Gasteiger partial charge in [0.15, 0.2) is 6.10 Å².